The third kappa shape index (κ3) is 3.56. The van der Waals surface area contributed by atoms with E-state index in [-0.39, 0.29) is 0 Å². The minimum Gasteiger partial charge on any atom is -0.310 e. The lowest BCUT2D eigenvalue weighted by molar-refractivity contribution is -0.137. The van der Waals surface area contributed by atoms with E-state index in [0.717, 1.165) is 12.1 Å². The van der Waals surface area contributed by atoms with Gasteiger partial charge in [-0.05, 0) is 24.5 Å². The van der Waals surface area contributed by atoms with Crippen LogP contribution in [0, 0.1) is 0 Å². The van der Waals surface area contributed by atoms with Gasteiger partial charge >= 0.3 is 6.18 Å². The second-order valence-electron chi connectivity index (χ2n) is 5.00. The fourth-order valence-electron chi connectivity index (χ4n) is 1.95. The lowest BCUT2D eigenvalue weighted by Crippen LogP contribution is -2.15. The molecule has 1 aliphatic rings. The summed E-state index contributed by atoms with van der Waals surface area (Å²) < 4.78 is 37.7. The van der Waals surface area contributed by atoms with Crippen molar-refractivity contribution in [3.8, 4) is 10.4 Å². The van der Waals surface area contributed by atoms with Gasteiger partial charge in [-0.25, -0.2) is 4.98 Å². The van der Waals surface area contributed by atoms with Crippen LogP contribution in [0.1, 0.15) is 23.4 Å². The molecular weight excluding hydrogens is 321 g/mol. The van der Waals surface area contributed by atoms with Gasteiger partial charge in [-0.15, -0.1) is 11.3 Å². The highest BCUT2D eigenvalue weighted by Gasteiger charge is 2.34. The summed E-state index contributed by atoms with van der Waals surface area (Å²) in [7, 11) is 0. The van der Waals surface area contributed by atoms with E-state index < -0.39 is 11.2 Å². The number of thiazole rings is 1. The van der Waals surface area contributed by atoms with Crippen molar-refractivity contribution < 1.29 is 13.2 Å². The number of nitrogens with zero attached hydrogens (tertiary/aromatic N) is 1. The summed E-state index contributed by atoms with van der Waals surface area (Å²) in [6, 6.07) is 6.02. The average Bonchev–Trinajstić information content (AvgIpc) is 3.10. The molecule has 1 saturated carbocycles. The molecule has 3 rings (SSSR count). The molecule has 1 N–H and O–H groups in total. The van der Waals surface area contributed by atoms with Gasteiger partial charge in [-0.3, -0.25) is 0 Å². The first-order valence-electron chi connectivity index (χ1n) is 6.48. The average molecular weight is 333 g/mol. The van der Waals surface area contributed by atoms with Crippen LogP contribution in [0.3, 0.4) is 0 Å². The maximum atomic E-state index is 12.6. The molecule has 1 heterocycles. The Morgan fingerprint density at radius 1 is 1.33 bits per heavy atom. The summed E-state index contributed by atoms with van der Waals surface area (Å²) in [6.45, 7) is 0.723. The van der Waals surface area contributed by atoms with Crippen LogP contribution in [-0.4, -0.2) is 11.0 Å². The van der Waals surface area contributed by atoms with Crippen molar-refractivity contribution in [1.29, 1.82) is 0 Å². The quantitative estimate of drug-likeness (QED) is 0.875. The van der Waals surface area contributed by atoms with Gasteiger partial charge in [-0.2, -0.15) is 13.2 Å². The number of rotatable bonds is 4. The molecule has 0 atom stereocenters. The Morgan fingerprint density at radius 2 is 2.10 bits per heavy atom. The van der Waals surface area contributed by atoms with Gasteiger partial charge < -0.3 is 5.32 Å². The normalized spacial score (nSPS) is 15.4. The van der Waals surface area contributed by atoms with Crippen LogP contribution >= 0.6 is 22.9 Å². The summed E-state index contributed by atoms with van der Waals surface area (Å²) in [6.07, 6.45) is -0.792. The molecule has 2 aromatic rings. The number of hydrogen-bond donors (Lipinski definition) is 1. The molecule has 0 unspecified atom stereocenters. The van der Waals surface area contributed by atoms with Gasteiger partial charge in [0, 0.05) is 29.4 Å². The maximum absolute atomic E-state index is 12.6. The van der Waals surface area contributed by atoms with E-state index in [4.69, 9.17) is 11.6 Å². The molecule has 0 radical (unpaired) electrons. The summed E-state index contributed by atoms with van der Waals surface area (Å²) in [5.41, 5.74) is 1.61. The first kappa shape index (κ1) is 14.8. The Morgan fingerprint density at radius 3 is 2.67 bits per heavy atom. The van der Waals surface area contributed by atoms with Crippen molar-refractivity contribution >= 4 is 22.9 Å². The Kier molecular flexibility index (Phi) is 3.94. The van der Waals surface area contributed by atoms with Crippen LogP contribution in [0.25, 0.3) is 10.4 Å². The Balaban J connectivity index is 1.79. The summed E-state index contributed by atoms with van der Waals surface area (Å²) in [5.74, 6) is 0. The molecule has 7 heteroatoms. The standard InChI is InChI=1S/C14H12ClF3N2S/c15-11-5-8(6-19-9-2-3-9)1-4-10(11)12-7-20-13(21-12)14(16,17)18/h1,4-5,7,9,19H,2-3,6H2. The first-order chi connectivity index (χ1) is 9.93. The van der Waals surface area contributed by atoms with E-state index in [9.17, 15) is 13.2 Å². The molecule has 21 heavy (non-hydrogen) atoms. The van der Waals surface area contributed by atoms with E-state index >= 15 is 0 Å². The van der Waals surface area contributed by atoms with E-state index in [1.54, 1.807) is 12.1 Å². The first-order valence-corrected chi connectivity index (χ1v) is 7.68. The number of hydrogen-bond acceptors (Lipinski definition) is 3. The minimum atomic E-state index is -4.41. The van der Waals surface area contributed by atoms with Crippen LogP contribution in [-0.2, 0) is 12.7 Å². The predicted octanol–water partition coefficient (Wildman–Crippen LogP) is 4.73. The van der Waals surface area contributed by atoms with E-state index in [0.29, 0.717) is 32.8 Å². The third-order valence-electron chi connectivity index (χ3n) is 3.22. The topological polar surface area (TPSA) is 24.9 Å². The molecule has 1 fully saturated rings. The number of aromatic nitrogens is 1. The van der Waals surface area contributed by atoms with Crippen molar-refractivity contribution in [3.63, 3.8) is 0 Å². The SMILES string of the molecule is FC(F)(F)c1ncc(-c2ccc(CNC3CC3)cc2Cl)s1. The van der Waals surface area contributed by atoms with Crippen molar-refractivity contribution in [1.82, 2.24) is 10.3 Å². The monoisotopic (exact) mass is 332 g/mol. The third-order valence-corrected chi connectivity index (χ3v) is 4.61. The van der Waals surface area contributed by atoms with Crippen molar-refractivity contribution in [3.05, 3.63) is 40.0 Å². The van der Waals surface area contributed by atoms with Crippen LogP contribution in [0.4, 0.5) is 13.2 Å². The molecule has 0 spiro atoms. The number of benzene rings is 1. The molecule has 0 bridgehead atoms. The van der Waals surface area contributed by atoms with Crippen molar-refractivity contribution in [2.45, 2.75) is 31.6 Å². The smallest absolute Gasteiger partial charge is 0.310 e. The van der Waals surface area contributed by atoms with Gasteiger partial charge in [-0.1, -0.05) is 23.7 Å². The van der Waals surface area contributed by atoms with Crippen LogP contribution in [0.2, 0.25) is 5.02 Å². The molecule has 0 aliphatic heterocycles. The molecule has 2 nitrogen and oxygen atoms in total. The van der Waals surface area contributed by atoms with Gasteiger partial charge in [0.1, 0.15) is 0 Å². The minimum absolute atomic E-state index is 0.425. The molecule has 112 valence electrons. The fourth-order valence-corrected chi connectivity index (χ4v) is 3.13. The number of alkyl halides is 3. The second-order valence-corrected chi connectivity index (χ2v) is 6.43. The van der Waals surface area contributed by atoms with Gasteiger partial charge in [0.25, 0.3) is 0 Å². The molecule has 0 amide bonds. The zero-order valence-corrected chi connectivity index (χ0v) is 12.4. The highest BCUT2D eigenvalue weighted by atomic mass is 35.5. The largest absolute Gasteiger partial charge is 0.443 e. The van der Waals surface area contributed by atoms with Crippen LogP contribution < -0.4 is 5.32 Å². The Hall–Kier alpha value is -1.11. The summed E-state index contributed by atoms with van der Waals surface area (Å²) >= 11 is 6.79. The van der Waals surface area contributed by atoms with E-state index in [2.05, 4.69) is 10.3 Å². The van der Waals surface area contributed by atoms with Gasteiger partial charge in [0.05, 0.1) is 4.88 Å². The zero-order valence-electron chi connectivity index (χ0n) is 10.9. The van der Waals surface area contributed by atoms with E-state index in [1.165, 1.54) is 19.0 Å². The van der Waals surface area contributed by atoms with Crippen LogP contribution in [0.15, 0.2) is 24.4 Å². The van der Waals surface area contributed by atoms with Crippen molar-refractivity contribution in [2.75, 3.05) is 0 Å². The summed E-state index contributed by atoms with van der Waals surface area (Å²) in [4.78, 5) is 3.84. The van der Waals surface area contributed by atoms with Gasteiger partial charge in [0.15, 0.2) is 5.01 Å². The molecule has 1 aromatic carbocycles. The Labute approximate surface area is 129 Å². The highest BCUT2D eigenvalue weighted by Crippen LogP contribution is 2.38. The zero-order chi connectivity index (χ0) is 15.0. The number of halogens is 4. The predicted molar refractivity (Wildman–Crippen MR) is 77.4 cm³/mol. The highest BCUT2D eigenvalue weighted by molar-refractivity contribution is 7.15. The molecule has 1 aromatic heterocycles. The lowest BCUT2D eigenvalue weighted by Gasteiger charge is -2.06. The fraction of sp³-hybridized carbons (Fsp3) is 0.357. The van der Waals surface area contributed by atoms with Gasteiger partial charge in [0.2, 0.25) is 0 Å². The second kappa shape index (κ2) is 5.59. The summed E-state index contributed by atoms with van der Waals surface area (Å²) in [5, 5.41) is 2.96. The molecular formula is C14H12ClF3N2S. The maximum Gasteiger partial charge on any atom is 0.443 e. The number of nitrogens with one attached hydrogen (secondary N) is 1. The Bertz CT molecular complexity index is 650. The molecule has 1 aliphatic carbocycles. The van der Waals surface area contributed by atoms with Crippen LogP contribution in [0.5, 0.6) is 0 Å². The lowest BCUT2D eigenvalue weighted by atomic mass is 10.1. The van der Waals surface area contributed by atoms with Crippen molar-refractivity contribution in [2.24, 2.45) is 0 Å². The van der Waals surface area contributed by atoms with E-state index in [1.807, 2.05) is 6.07 Å². The molecule has 0 saturated heterocycles.